The summed E-state index contributed by atoms with van der Waals surface area (Å²) < 4.78 is 52.1. The van der Waals surface area contributed by atoms with Crippen LogP contribution in [0.15, 0.2) is 34.7 Å². The van der Waals surface area contributed by atoms with E-state index >= 15 is 0 Å². The van der Waals surface area contributed by atoms with Gasteiger partial charge in [-0.1, -0.05) is 31.2 Å². The number of hydrogen-bond donors (Lipinski definition) is 2. The van der Waals surface area contributed by atoms with Crippen molar-refractivity contribution in [2.24, 2.45) is 0 Å². The molecule has 0 spiro atoms. The van der Waals surface area contributed by atoms with Gasteiger partial charge in [-0.25, -0.2) is 18.1 Å². The third kappa shape index (κ3) is 7.86. The van der Waals surface area contributed by atoms with Crippen molar-refractivity contribution < 1.29 is 26.7 Å². The normalized spacial score (nSPS) is 13.5. The predicted molar refractivity (Wildman–Crippen MR) is 155 cm³/mol. The minimum Gasteiger partial charge on any atom is -0.437 e. The number of unbranched alkanes of at least 4 members (excludes halogenated alkanes) is 1. The summed E-state index contributed by atoms with van der Waals surface area (Å²) in [6, 6.07) is 9.49. The van der Waals surface area contributed by atoms with Crippen LogP contribution in [0, 0.1) is 3.57 Å². The number of nitrogens with zero attached hydrogens (tertiary/aromatic N) is 1. The highest BCUT2D eigenvalue weighted by atomic mass is 127. The Hall–Kier alpha value is -1.79. The fraction of sp³-hybridized carbons (Fsp3) is 0.440. The highest BCUT2D eigenvalue weighted by Crippen LogP contribution is 2.43. The molecule has 0 fully saturated rings. The van der Waals surface area contributed by atoms with Crippen LogP contribution in [0.1, 0.15) is 48.3 Å². The van der Waals surface area contributed by atoms with Gasteiger partial charge < -0.3 is 14.3 Å². The lowest BCUT2D eigenvalue weighted by Gasteiger charge is -2.12. The molecule has 2 heterocycles. The van der Waals surface area contributed by atoms with Crippen LogP contribution in [0.3, 0.4) is 0 Å². The first-order valence-electron chi connectivity index (χ1n) is 12.1. The maximum atomic E-state index is 12.8. The molecule has 3 aromatic rings. The van der Waals surface area contributed by atoms with Gasteiger partial charge in [0, 0.05) is 35.6 Å². The Kier molecular flexibility index (Phi) is 10.3. The highest BCUT2D eigenvalue weighted by Gasteiger charge is 2.25. The topological polar surface area (TPSA) is 128 Å². The molecule has 1 aromatic carbocycles. The van der Waals surface area contributed by atoms with E-state index < -0.39 is 17.4 Å². The minimum atomic E-state index is -3.67. The number of halogens is 1. The van der Waals surface area contributed by atoms with E-state index in [9.17, 15) is 17.8 Å². The lowest BCUT2D eigenvalue weighted by Crippen LogP contribution is -2.27. The number of sulfonamides is 1. The van der Waals surface area contributed by atoms with Crippen molar-refractivity contribution in [3.8, 4) is 11.3 Å². The second-order valence-electron chi connectivity index (χ2n) is 8.72. The molecule has 1 unspecified atom stereocenters. The van der Waals surface area contributed by atoms with Gasteiger partial charge in [0.1, 0.15) is 11.5 Å². The van der Waals surface area contributed by atoms with E-state index in [4.69, 9.17) is 8.94 Å². The molecule has 0 radical (unpaired) electrons. The Morgan fingerprint density at radius 1 is 1.19 bits per heavy atom. The van der Waals surface area contributed by atoms with Crippen LogP contribution < -0.4 is 10.0 Å². The van der Waals surface area contributed by atoms with Crippen LogP contribution in [0.5, 0.6) is 0 Å². The third-order valence-electron chi connectivity index (χ3n) is 5.83. The van der Waals surface area contributed by atoms with Crippen molar-refractivity contribution in [2.45, 2.75) is 38.9 Å². The molecule has 0 bridgehead atoms. The molecule has 202 valence electrons. The van der Waals surface area contributed by atoms with E-state index in [1.54, 1.807) is 26.7 Å². The van der Waals surface area contributed by atoms with Crippen LogP contribution in [0.2, 0.25) is 0 Å². The van der Waals surface area contributed by atoms with Crippen molar-refractivity contribution in [2.75, 3.05) is 33.0 Å². The zero-order valence-electron chi connectivity index (χ0n) is 21.5. The number of aryl methyl sites for hydroxylation is 1. The molecule has 2 aromatic heterocycles. The number of nitrogens with one attached hydrogen (secondary N) is 2. The molecular formula is C25H33IN3O6PS. The first kappa shape index (κ1) is 29.8. The summed E-state index contributed by atoms with van der Waals surface area (Å²) in [5.41, 5.74) is 2.79. The number of benzene rings is 1. The maximum absolute atomic E-state index is 12.8. The summed E-state index contributed by atoms with van der Waals surface area (Å²) in [5.74, 6) is -0.254. The van der Waals surface area contributed by atoms with Gasteiger partial charge in [0.25, 0.3) is 5.91 Å². The molecule has 9 nitrogen and oxygen atoms in total. The van der Waals surface area contributed by atoms with E-state index in [2.05, 4.69) is 21.9 Å². The first-order chi connectivity index (χ1) is 17.5. The van der Waals surface area contributed by atoms with Gasteiger partial charge in [0.2, 0.25) is 15.7 Å². The smallest absolute Gasteiger partial charge is 0.255 e. The lowest BCUT2D eigenvalue weighted by atomic mass is 10.0. The number of pyridine rings is 1. The monoisotopic (exact) mass is 661 g/mol. The van der Waals surface area contributed by atoms with Crippen molar-refractivity contribution in [1.82, 2.24) is 15.0 Å². The quantitative estimate of drug-likeness (QED) is 0.147. The Labute approximate surface area is 231 Å². The molecule has 0 saturated carbocycles. The summed E-state index contributed by atoms with van der Waals surface area (Å²) in [4.78, 5) is 17.3. The number of furan rings is 1. The number of carbonyl (C=O) groups is 1. The van der Waals surface area contributed by atoms with E-state index in [0.29, 0.717) is 51.6 Å². The van der Waals surface area contributed by atoms with Gasteiger partial charge in [-0.15, -0.1) is 0 Å². The number of hydrogen-bond acceptors (Lipinski definition) is 7. The Morgan fingerprint density at radius 3 is 2.51 bits per heavy atom. The number of rotatable bonds is 13. The van der Waals surface area contributed by atoms with Crippen LogP contribution in [0.4, 0.5) is 0 Å². The minimum absolute atomic E-state index is 0.202. The fourth-order valence-electron chi connectivity index (χ4n) is 3.90. The molecule has 0 aliphatic carbocycles. The molecule has 1 atom stereocenters. The zero-order chi connectivity index (χ0) is 27.2. The van der Waals surface area contributed by atoms with Crippen LogP contribution in [-0.4, -0.2) is 52.3 Å². The summed E-state index contributed by atoms with van der Waals surface area (Å²) in [7, 11) is -4.75. The average Bonchev–Trinajstić information content (AvgIpc) is 3.21. The van der Waals surface area contributed by atoms with E-state index in [-0.39, 0.29) is 23.9 Å². The van der Waals surface area contributed by atoms with E-state index in [1.165, 1.54) is 0 Å². The van der Waals surface area contributed by atoms with Crippen molar-refractivity contribution in [3.05, 3.63) is 50.7 Å². The number of fused-ring (bicyclic) bond motifs is 1. The molecule has 0 saturated heterocycles. The molecule has 3 rings (SSSR count). The maximum Gasteiger partial charge on any atom is 0.255 e. The van der Waals surface area contributed by atoms with Crippen LogP contribution in [-0.2, 0) is 31.3 Å². The molecule has 0 aliphatic rings. The largest absolute Gasteiger partial charge is 0.437 e. The number of aromatic nitrogens is 1. The predicted octanol–water partition coefficient (Wildman–Crippen LogP) is 5.17. The van der Waals surface area contributed by atoms with Gasteiger partial charge in [0.15, 0.2) is 7.37 Å². The van der Waals surface area contributed by atoms with Crippen molar-refractivity contribution in [3.63, 3.8) is 0 Å². The number of amides is 1. The third-order valence-corrected chi connectivity index (χ3v) is 9.99. The molecule has 2 N–H and O–H groups in total. The van der Waals surface area contributed by atoms with Crippen LogP contribution >= 0.6 is 30.0 Å². The SMILES string of the molecule is CCOP(C)(=O)CCCCNS(=O)(=O)Cc1nc2oc(-c3ccc(CC)cc3)c(C(=O)NC)c2cc1I. The standard InChI is InChI=1S/C25H33IN3O6PS/c1-5-17-9-11-18(12-10-17)23-22(24(30)27-3)19-15-20(26)21(29-25(19)35-23)16-37(32,33)28-13-7-8-14-36(4,31)34-6-2/h9-12,15,28H,5-8,13-14,16H2,1-4H3,(H,27,30). The van der Waals surface area contributed by atoms with Crippen molar-refractivity contribution in [1.29, 1.82) is 0 Å². The summed E-state index contributed by atoms with van der Waals surface area (Å²) in [5, 5.41) is 3.17. The first-order valence-corrected chi connectivity index (χ1v) is 17.1. The molecule has 1 amide bonds. The van der Waals surface area contributed by atoms with Gasteiger partial charge in [-0.3, -0.25) is 9.36 Å². The molecule has 12 heteroatoms. The van der Waals surface area contributed by atoms with Crippen LogP contribution in [0.25, 0.3) is 22.4 Å². The summed E-state index contributed by atoms with van der Waals surface area (Å²) >= 11 is 2.03. The summed E-state index contributed by atoms with van der Waals surface area (Å²) in [6.45, 7) is 6.08. The Morgan fingerprint density at radius 2 is 1.89 bits per heavy atom. The van der Waals surface area contributed by atoms with Gasteiger partial charge in [-0.05, 0) is 60.4 Å². The Balaban J connectivity index is 1.81. The fourth-order valence-corrected chi connectivity index (χ4v) is 7.39. The second-order valence-corrected chi connectivity index (χ2v) is 14.4. The molecule has 37 heavy (non-hydrogen) atoms. The van der Waals surface area contributed by atoms with Gasteiger partial charge in [-0.2, -0.15) is 0 Å². The molecular weight excluding hydrogens is 628 g/mol. The summed E-state index contributed by atoms with van der Waals surface area (Å²) in [6.07, 6.45) is 2.44. The molecule has 0 aliphatic heterocycles. The number of carbonyl (C=O) groups excluding carboxylic acids is 1. The van der Waals surface area contributed by atoms with E-state index in [1.807, 2.05) is 46.9 Å². The lowest BCUT2D eigenvalue weighted by molar-refractivity contribution is 0.0964. The van der Waals surface area contributed by atoms with Gasteiger partial charge in [0.05, 0.1) is 23.3 Å². The van der Waals surface area contributed by atoms with E-state index in [0.717, 1.165) is 17.5 Å². The van der Waals surface area contributed by atoms with Gasteiger partial charge >= 0.3 is 0 Å². The zero-order valence-corrected chi connectivity index (χ0v) is 25.3. The van der Waals surface area contributed by atoms with Crippen molar-refractivity contribution >= 4 is 57.0 Å². The Bertz CT molecular complexity index is 1410. The second kappa shape index (κ2) is 12.8. The highest BCUT2D eigenvalue weighted by molar-refractivity contribution is 14.1. The average molecular weight is 661 g/mol.